The van der Waals surface area contributed by atoms with E-state index in [9.17, 15) is 10.1 Å². The summed E-state index contributed by atoms with van der Waals surface area (Å²) in [5.74, 6) is 0.687. The summed E-state index contributed by atoms with van der Waals surface area (Å²) in [6, 6.07) is 14.1. The topological polar surface area (TPSA) is 96.0 Å². The van der Waals surface area contributed by atoms with Crippen molar-refractivity contribution in [2.75, 3.05) is 6.61 Å². The first kappa shape index (κ1) is 17.9. The number of hydrogen-bond donors (Lipinski definition) is 0. The van der Waals surface area contributed by atoms with Crippen LogP contribution in [0, 0.1) is 10.1 Å². The predicted molar refractivity (Wildman–Crippen MR) is 97.7 cm³/mol. The molecule has 0 bridgehead atoms. The van der Waals surface area contributed by atoms with Crippen LogP contribution < -0.4 is 4.74 Å². The third-order valence-corrected chi connectivity index (χ3v) is 4.76. The molecule has 0 amide bonds. The van der Waals surface area contributed by atoms with E-state index in [4.69, 9.17) is 4.74 Å². The van der Waals surface area contributed by atoms with E-state index < -0.39 is 4.92 Å². The molecule has 0 radical (unpaired) electrons. The number of nitrogens with zero attached hydrogens (tertiary/aromatic N) is 5. The monoisotopic (exact) mass is 371 g/mol. The summed E-state index contributed by atoms with van der Waals surface area (Å²) in [5, 5.41) is 23.4. The number of nitro benzene ring substituents is 1. The normalized spacial score (nSPS) is 11.9. The van der Waals surface area contributed by atoms with Crippen LogP contribution in [0.4, 0.5) is 5.69 Å². The molecule has 0 aliphatic carbocycles. The van der Waals surface area contributed by atoms with Gasteiger partial charge >= 0.3 is 0 Å². The quantitative estimate of drug-likeness (QED) is 0.354. The number of aromatic nitrogens is 4. The summed E-state index contributed by atoms with van der Waals surface area (Å²) >= 11 is 1.42. The van der Waals surface area contributed by atoms with Gasteiger partial charge in [0, 0.05) is 17.4 Å². The lowest BCUT2D eigenvalue weighted by atomic mass is 10.1. The third-order valence-electron chi connectivity index (χ3n) is 3.67. The standard InChI is InChI=1S/C17H17N5O3S/c1-3-25-16-10-5-4-9-15(16)21-17(18-19-20-21)26-12(2)13-7-6-8-14(11-13)22(23)24/h4-12H,3H2,1-2H3. The zero-order chi connectivity index (χ0) is 18.5. The van der Waals surface area contributed by atoms with Crippen molar-refractivity contribution in [3.63, 3.8) is 0 Å². The van der Waals surface area contributed by atoms with Crippen LogP contribution in [0.5, 0.6) is 5.75 Å². The Hall–Kier alpha value is -2.94. The molecule has 0 fully saturated rings. The molecule has 1 aromatic heterocycles. The molecule has 9 heteroatoms. The van der Waals surface area contributed by atoms with Gasteiger partial charge in [-0.1, -0.05) is 36.0 Å². The van der Waals surface area contributed by atoms with E-state index in [0.717, 1.165) is 11.3 Å². The van der Waals surface area contributed by atoms with Gasteiger partial charge in [-0.2, -0.15) is 4.68 Å². The number of rotatable bonds is 7. The fourth-order valence-corrected chi connectivity index (χ4v) is 3.35. The van der Waals surface area contributed by atoms with E-state index in [2.05, 4.69) is 15.5 Å². The van der Waals surface area contributed by atoms with E-state index in [-0.39, 0.29) is 10.9 Å². The molecule has 1 heterocycles. The molecule has 1 unspecified atom stereocenters. The van der Waals surface area contributed by atoms with Crippen molar-refractivity contribution in [3.8, 4) is 11.4 Å². The van der Waals surface area contributed by atoms with Gasteiger partial charge in [-0.25, -0.2) is 0 Å². The van der Waals surface area contributed by atoms with Crippen molar-refractivity contribution in [2.24, 2.45) is 0 Å². The molecule has 0 saturated carbocycles. The number of thioether (sulfide) groups is 1. The fourth-order valence-electron chi connectivity index (χ4n) is 2.43. The molecule has 8 nitrogen and oxygen atoms in total. The van der Waals surface area contributed by atoms with Crippen LogP contribution in [0.2, 0.25) is 0 Å². The van der Waals surface area contributed by atoms with Crippen LogP contribution in [0.3, 0.4) is 0 Å². The van der Waals surface area contributed by atoms with Crippen molar-refractivity contribution in [3.05, 3.63) is 64.2 Å². The molecule has 134 valence electrons. The van der Waals surface area contributed by atoms with Gasteiger partial charge in [0.1, 0.15) is 11.4 Å². The minimum atomic E-state index is -0.400. The first-order valence-corrected chi connectivity index (χ1v) is 8.89. The number of nitro groups is 1. The first-order chi connectivity index (χ1) is 12.6. The molecular weight excluding hydrogens is 354 g/mol. The zero-order valence-electron chi connectivity index (χ0n) is 14.3. The number of benzene rings is 2. The Labute approximate surface area is 154 Å². The Morgan fingerprint density at radius 3 is 2.85 bits per heavy atom. The Balaban J connectivity index is 1.88. The van der Waals surface area contributed by atoms with Gasteiger partial charge in [-0.3, -0.25) is 10.1 Å². The van der Waals surface area contributed by atoms with Crippen molar-refractivity contribution in [1.82, 2.24) is 20.2 Å². The van der Waals surface area contributed by atoms with Crippen LogP contribution >= 0.6 is 11.8 Å². The molecule has 2 aromatic carbocycles. The molecule has 0 aliphatic rings. The Morgan fingerprint density at radius 1 is 1.27 bits per heavy atom. The molecule has 0 saturated heterocycles. The van der Waals surface area contributed by atoms with Gasteiger partial charge in [0.05, 0.1) is 11.5 Å². The molecule has 1 atom stereocenters. The number of para-hydroxylation sites is 2. The smallest absolute Gasteiger partial charge is 0.269 e. The lowest BCUT2D eigenvalue weighted by Crippen LogP contribution is -2.04. The third kappa shape index (κ3) is 3.83. The second-order valence-electron chi connectivity index (χ2n) is 5.39. The summed E-state index contributed by atoms with van der Waals surface area (Å²) in [6.45, 7) is 4.40. The van der Waals surface area contributed by atoms with Crippen molar-refractivity contribution < 1.29 is 9.66 Å². The highest BCUT2D eigenvalue weighted by Gasteiger charge is 2.18. The van der Waals surface area contributed by atoms with Gasteiger partial charge in [0.2, 0.25) is 5.16 Å². The van der Waals surface area contributed by atoms with Gasteiger partial charge in [-0.15, -0.1) is 5.10 Å². The molecule has 0 N–H and O–H groups in total. The molecule has 0 spiro atoms. The number of non-ortho nitro benzene ring substituents is 1. The van der Waals surface area contributed by atoms with Crippen molar-refractivity contribution in [1.29, 1.82) is 0 Å². The minimum absolute atomic E-state index is 0.0660. The first-order valence-electron chi connectivity index (χ1n) is 8.01. The molecule has 3 aromatic rings. The van der Waals surface area contributed by atoms with Gasteiger partial charge < -0.3 is 4.74 Å². The molecule has 26 heavy (non-hydrogen) atoms. The van der Waals surface area contributed by atoms with Crippen LogP contribution in [0.25, 0.3) is 5.69 Å². The minimum Gasteiger partial charge on any atom is -0.492 e. The van der Waals surface area contributed by atoms with E-state index in [1.807, 2.05) is 44.2 Å². The lowest BCUT2D eigenvalue weighted by molar-refractivity contribution is -0.384. The fraction of sp³-hybridized carbons (Fsp3) is 0.235. The average molecular weight is 371 g/mol. The Bertz CT molecular complexity index is 915. The van der Waals surface area contributed by atoms with Gasteiger partial charge in [-0.05, 0) is 42.0 Å². The second kappa shape index (κ2) is 7.96. The van der Waals surface area contributed by atoms with Crippen LogP contribution in [0.1, 0.15) is 24.7 Å². The van der Waals surface area contributed by atoms with Crippen LogP contribution in [-0.4, -0.2) is 31.7 Å². The summed E-state index contributed by atoms with van der Waals surface area (Å²) in [5.41, 5.74) is 1.64. The van der Waals surface area contributed by atoms with E-state index in [1.54, 1.807) is 16.8 Å². The molecule has 0 aliphatic heterocycles. The molecule has 3 rings (SSSR count). The van der Waals surface area contributed by atoms with E-state index in [0.29, 0.717) is 17.5 Å². The Kier molecular flexibility index (Phi) is 5.47. The highest BCUT2D eigenvalue weighted by atomic mass is 32.2. The number of ether oxygens (including phenoxy) is 1. The van der Waals surface area contributed by atoms with Crippen LogP contribution in [0.15, 0.2) is 53.7 Å². The Morgan fingerprint density at radius 2 is 2.08 bits per heavy atom. The summed E-state index contributed by atoms with van der Waals surface area (Å²) in [7, 11) is 0. The van der Waals surface area contributed by atoms with E-state index >= 15 is 0 Å². The lowest BCUT2D eigenvalue weighted by Gasteiger charge is -2.13. The maximum absolute atomic E-state index is 11.0. The van der Waals surface area contributed by atoms with Gasteiger partial charge in [0.15, 0.2) is 0 Å². The number of hydrogen-bond acceptors (Lipinski definition) is 7. The SMILES string of the molecule is CCOc1ccccc1-n1nnnc1SC(C)c1cccc([N+](=O)[O-])c1. The summed E-state index contributed by atoms with van der Waals surface area (Å²) in [6.07, 6.45) is 0. The summed E-state index contributed by atoms with van der Waals surface area (Å²) in [4.78, 5) is 10.6. The largest absolute Gasteiger partial charge is 0.492 e. The predicted octanol–water partition coefficient (Wildman–Crippen LogP) is 3.82. The zero-order valence-corrected chi connectivity index (χ0v) is 15.1. The van der Waals surface area contributed by atoms with Gasteiger partial charge in [0.25, 0.3) is 5.69 Å². The van der Waals surface area contributed by atoms with Crippen LogP contribution in [-0.2, 0) is 0 Å². The highest BCUT2D eigenvalue weighted by molar-refractivity contribution is 7.99. The van der Waals surface area contributed by atoms with E-state index in [1.165, 1.54) is 17.8 Å². The number of tetrazole rings is 1. The summed E-state index contributed by atoms with van der Waals surface area (Å²) < 4.78 is 7.26. The maximum Gasteiger partial charge on any atom is 0.269 e. The maximum atomic E-state index is 11.0. The average Bonchev–Trinajstić information content (AvgIpc) is 3.10. The van der Waals surface area contributed by atoms with Crippen molar-refractivity contribution >= 4 is 17.4 Å². The second-order valence-corrected chi connectivity index (χ2v) is 6.69. The van der Waals surface area contributed by atoms with Crippen molar-refractivity contribution in [2.45, 2.75) is 24.3 Å². The highest BCUT2D eigenvalue weighted by Crippen LogP contribution is 2.36. The molecular formula is C17H17N5O3S.